The van der Waals surface area contributed by atoms with Crippen LogP contribution in [0.15, 0.2) is 42.5 Å². The summed E-state index contributed by atoms with van der Waals surface area (Å²) >= 11 is 0. The van der Waals surface area contributed by atoms with Crippen LogP contribution in [0.2, 0.25) is 0 Å². The third-order valence-corrected chi connectivity index (χ3v) is 4.83. The number of nitrogens with zero attached hydrogens (tertiary/aromatic N) is 4. The molecule has 2 aromatic rings. The third kappa shape index (κ3) is 4.05. The lowest BCUT2D eigenvalue weighted by Gasteiger charge is -2.28. The molecule has 1 saturated heterocycles. The Morgan fingerprint density at radius 2 is 1.79 bits per heavy atom. The number of rotatable bonds is 6. The van der Waals surface area contributed by atoms with Crippen LogP contribution in [-0.4, -0.2) is 39.8 Å². The van der Waals surface area contributed by atoms with Gasteiger partial charge in [-0.3, -0.25) is 34.7 Å². The molecular weight excluding hydrogens is 380 g/mol. The smallest absolute Gasteiger partial charge is 0.273 e. The first-order valence-corrected chi connectivity index (χ1v) is 8.87. The van der Waals surface area contributed by atoms with Crippen molar-refractivity contribution in [3.05, 3.63) is 73.8 Å². The maximum Gasteiger partial charge on any atom is 0.273 e. The Bertz CT molecular complexity index is 989. The van der Waals surface area contributed by atoms with Crippen molar-refractivity contribution in [1.29, 1.82) is 0 Å². The lowest BCUT2D eigenvalue weighted by molar-refractivity contribution is -0.385. The zero-order chi connectivity index (χ0) is 21.1. The van der Waals surface area contributed by atoms with Crippen LogP contribution in [0.1, 0.15) is 28.8 Å². The predicted molar refractivity (Wildman–Crippen MR) is 104 cm³/mol. The average Bonchev–Trinajstić information content (AvgIpc) is 3.10. The molecule has 10 nitrogen and oxygen atoms in total. The molecule has 0 bridgehead atoms. The zero-order valence-electron chi connectivity index (χ0n) is 15.6. The van der Waals surface area contributed by atoms with Gasteiger partial charge >= 0.3 is 0 Å². The maximum atomic E-state index is 13.3. The van der Waals surface area contributed by atoms with Gasteiger partial charge in [0, 0.05) is 48.0 Å². The highest BCUT2D eigenvalue weighted by Gasteiger charge is 2.28. The largest absolute Gasteiger partial charge is 0.324 e. The van der Waals surface area contributed by atoms with Gasteiger partial charge in [0.2, 0.25) is 5.91 Å². The molecule has 0 atom stereocenters. The number of nitro groups is 2. The third-order valence-electron chi connectivity index (χ3n) is 4.83. The molecule has 0 saturated carbocycles. The number of anilines is 1. The standard InChI is InChI=1S/C19H18N4O6/c1-13-16(4-2-5-17(13)23(28)29)19(25)21(12-20-11-3-6-18(20)24)14-7-9-15(10-8-14)22(26)27/h2,4-5,7-10H,3,6,11-12H2,1H3. The van der Waals surface area contributed by atoms with E-state index in [0.29, 0.717) is 25.1 Å². The van der Waals surface area contributed by atoms with Crippen molar-refractivity contribution < 1.29 is 19.4 Å². The van der Waals surface area contributed by atoms with E-state index in [0.717, 1.165) is 0 Å². The van der Waals surface area contributed by atoms with E-state index in [-0.39, 0.29) is 35.1 Å². The van der Waals surface area contributed by atoms with Gasteiger partial charge in [0.15, 0.2) is 0 Å². The number of non-ortho nitro benzene ring substituents is 1. The van der Waals surface area contributed by atoms with E-state index in [1.165, 1.54) is 59.2 Å². The fourth-order valence-electron chi connectivity index (χ4n) is 3.24. The number of benzene rings is 2. The molecule has 29 heavy (non-hydrogen) atoms. The van der Waals surface area contributed by atoms with Gasteiger partial charge in [-0.25, -0.2) is 0 Å². The number of amides is 2. The van der Waals surface area contributed by atoms with E-state index >= 15 is 0 Å². The fraction of sp³-hybridized carbons (Fsp3) is 0.263. The van der Waals surface area contributed by atoms with Crippen molar-refractivity contribution in [2.75, 3.05) is 18.1 Å². The van der Waals surface area contributed by atoms with Crippen molar-refractivity contribution >= 4 is 28.9 Å². The minimum Gasteiger partial charge on any atom is -0.324 e. The summed E-state index contributed by atoms with van der Waals surface area (Å²) in [4.78, 5) is 49.2. The number of carbonyl (C=O) groups is 2. The number of nitro benzene ring substituents is 2. The second-order valence-corrected chi connectivity index (χ2v) is 6.62. The topological polar surface area (TPSA) is 127 Å². The molecule has 3 rings (SSSR count). The van der Waals surface area contributed by atoms with Crippen LogP contribution in [0.5, 0.6) is 0 Å². The van der Waals surface area contributed by atoms with E-state index in [2.05, 4.69) is 0 Å². The molecule has 1 fully saturated rings. The van der Waals surface area contributed by atoms with Gasteiger partial charge in [0.1, 0.15) is 6.67 Å². The molecule has 2 aromatic carbocycles. The number of hydrogen-bond donors (Lipinski definition) is 0. The highest BCUT2D eigenvalue weighted by atomic mass is 16.6. The van der Waals surface area contributed by atoms with Gasteiger partial charge in [-0.1, -0.05) is 6.07 Å². The molecule has 2 amide bonds. The van der Waals surface area contributed by atoms with Gasteiger partial charge in [-0.15, -0.1) is 0 Å². The van der Waals surface area contributed by atoms with E-state index in [4.69, 9.17) is 0 Å². The summed E-state index contributed by atoms with van der Waals surface area (Å²) in [7, 11) is 0. The fourth-order valence-corrected chi connectivity index (χ4v) is 3.24. The Morgan fingerprint density at radius 1 is 1.10 bits per heavy atom. The van der Waals surface area contributed by atoms with Gasteiger partial charge in [-0.05, 0) is 31.5 Å². The molecule has 1 aliphatic heterocycles. The minimum absolute atomic E-state index is 0.0440. The van der Waals surface area contributed by atoms with E-state index < -0.39 is 15.8 Å². The van der Waals surface area contributed by atoms with Crippen LogP contribution in [-0.2, 0) is 4.79 Å². The first-order chi connectivity index (χ1) is 13.8. The summed E-state index contributed by atoms with van der Waals surface area (Å²) in [5.74, 6) is -0.625. The Balaban J connectivity index is 2.01. The second-order valence-electron chi connectivity index (χ2n) is 6.62. The van der Waals surface area contributed by atoms with Gasteiger partial charge in [0.25, 0.3) is 17.3 Å². The summed E-state index contributed by atoms with van der Waals surface area (Å²) in [6.45, 7) is 1.93. The van der Waals surface area contributed by atoms with Crippen molar-refractivity contribution in [3.8, 4) is 0 Å². The highest BCUT2D eigenvalue weighted by Crippen LogP contribution is 2.27. The molecule has 0 aromatic heterocycles. The van der Waals surface area contributed by atoms with E-state index in [9.17, 15) is 29.8 Å². The molecule has 0 radical (unpaired) electrons. The molecule has 0 N–H and O–H groups in total. The SMILES string of the molecule is Cc1c(C(=O)N(CN2CCCC2=O)c2ccc([N+](=O)[O-])cc2)cccc1[N+](=O)[O-]. The van der Waals surface area contributed by atoms with E-state index in [1.807, 2.05) is 0 Å². The van der Waals surface area contributed by atoms with Crippen LogP contribution in [0.3, 0.4) is 0 Å². The second kappa shape index (κ2) is 8.05. The number of hydrogen-bond acceptors (Lipinski definition) is 6. The van der Waals surface area contributed by atoms with Crippen molar-refractivity contribution in [2.24, 2.45) is 0 Å². The van der Waals surface area contributed by atoms with E-state index in [1.54, 1.807) is 0 Å². The predicted octanol–water partition coefficient (Wildman–Crippen LogP) is 3.04. The minimum atomic E-state index is -0.563. The van der Waals surface area contributed by atoms with Crippen LogP contribution in [0, 0.1) is 27.2 Å². The number of carbonyl (C=O) groups excluding carboxylic acids is 2. The molecule has 10 heteroatoms. The van der Waals surface area contributed by atoms with Crippen LogP contribution in [0.4, 0.5) is 17.1 Å². The van der Waals surface area contributed by atoms with Crippen molar-refractivity contribution in [1.82, 2.24) is 4.90 Å². The zero-order valence-corrected chi connectivity index (χ0v) is 15.6. The molecule has 1 heterocycles. The monoisotopic (exact) mass is 398 g/mol. The van der Waals surface area contributed by atoms with Crippen LogP contribution < -0.4 is 4.90 Å². The molecule has 0 unspecified atom stereocenters. The lowest BCUT2D eigenvalue weighted by Crippen LogP contribution is -2.42. The Labute approximate surface area is 165 Å². The number of likely N-dealkylation sites (tertiary alicyclic amines) is 1. The van der Waals surface area contributed by atoms with Crippen LogP contribution >= 0.6 is 0 Å². The Morgan fingerprint density at radius 3 is 2.34 bits per heavy atom. The summed E-state index contributed by atoms with van der Waals surface area (Å²) in [5, 5.41) is 22.1. The first kappa shape index (κ1) is 19.9. The Kier molecular flexibility index (Phi) is 5.53. The highest BCUT2D eigenvalue weighted by molar-refractivity contribution is 6.07. The molecule has 0 aliphatic carbocycles. The molecule has 1 aliphatic rings. The molecule has 150 valence electrons. The van der Waals surface area contributed by atoms with Gasteiger partial charge < -0.3 is 4.90 Å². The summed E-state index contributed by atoms with van der Waals surface area (Å²) < 4.78 is 0. The Hall–Kier alpha value is -3.82. The molecule has 0 spiro atoms. The summed E-state index contributed by atoms with van der Waals surface area (Å²) in [5.41, 5.74) is 0.374. The van der Waals surface area contributed by atoms with Crippen LogP contribution in [0.25, 0.3) is 0 Å². The normalized spacial score (nSPS) is 13.4. The quantitative estimate of drug-likeness (QED) is 0.543. The van der Waals surface area contributed by atoms with Crippen molar-refractivity contribution in [2.45, 2.75) is 19.8 Å². The average molecular weight is 398 g/mol. The summed E-state index contributed by atoms with van der Waals surface area (Å²) in [6, 6.07) is 9.59. The lowest BCUT2D eigenvalue weighted by atomic mass is 10.1. The summed E-state index contributed by atoms with van der Waals surface area (Å²) in [6.07, 6.45) is 1.06. The first-order valence-electron chi connectivity index (χ1n) is 8.87. The molecular formula is C19H18N4O6. The van der Waals surface area contributed by atoms with Gasteiger partial charge in [-0.2, -0.15) is 0 Å². The van der Waals surface area contributed by atoms with Gasteiger partial charge in [0.05, 0.1) is 9.85 Å². The maximum absolute atomic E-state index is 13.3. The van der Waals surface area contributed by atoms with Crippen molar-refractivity contribution in [3.63, 3.8) is 0 Å².